The van der Waals surface area contributed by atoms with E-state index < -0.39 is 0 Å². The molecular formula is C16H24BrNOS. The van der Waals surface area contributed by atoms with Crippen LogP contribution in [0, 0.1) is 5.41 Å². The first-order chi connectivity index (χ1) is 9.74. The minimum absolute atomic E-state index is 0.433. The fourth-order valence-corrected chi connectivity index (χ4v) is 5.45. The lowest BCUT2D eigenvalue weighted by Gasteiger charge is -2.58. The van der Waals surface area contributed by atoms with Crippen molar-refractivity contribution in [3.05, 3.63) is 20.8 Å². The predicted molar refractivity (Wildman–Crippen MR) is 88.2 cm³/mol. The predicted octanol–water partition coefficient (Wildman–Crippen LogP) is 4.73. The van der Waals surface area contributed by atoms with E-state index in [0.29, 0.717) is 17.6 Å². The molecule has 4 heteroatoms. The summed E-state index contributed by atoms with van der Waals surface area (Å²) in [4.78, 5) is 1.42. The molecule has 2 nitrogen and oxygen atoms in total. The van der Waals surface area contributed by atoms with Gasteiger partial charge in [0.1, 0.15) is 0 Å². The quantitative estimate of drug-likeness (QED) is 0.822. The topological polar surface area (TPSA) is 21.3 Å². The molecule has 0 aliphatic heterocycles. The minimum Gasteiger partial charge on any atom is -0.378 e. The van der Waals surface area contributed by atoms with Gasteiger partial charge in [0, 0.05) is 29.5 Å². The van der Waals surface area contributed by atoms with E-state index in [-0.39, 0.29) is 0 Å². The van der Waals surface area contributed by atoms with Gasteiger partial charge in [-0.2, -0.15) is 0 Å². The van der Waals surface area contributed by atoms with Crippen LogP contribution in [-0.2, 0) is 11.3 Å². The Morgan fingerprint density at radius 1 is 1.35 bits per heavy atom. The molecule has 1 spiro atoms. The first-order valence-electron chi connectivity index (χ1n) is 7.84. The van der Waals surface area contributed by atoms with Crippen LogP contribution in [0.15, 0.2) is 15.9 Å². The summed E-state index contributed by atoms with van der Waals surface area (Å²) in [7, 11) is 0. The van der Waals surface area contributed by atoms with E-state index in [9.17, 15) is 0 Å². The summed E-state index contributed by atoms with van der Waals surface area (Å²) in [6, 6.07) is 5.01. The van der Waals surface area contributed by atoms with Crippen LogP contribution in [-0.4, -0.2) is 18.8 Å². The molecule has 20 heavy (non-hydrogen) atoms. The Morgan fingerprint density at radius 2 is 2.15 bits per heavy atom. The Bertz CT molecular complexity index is 441. The molecule has 0 radical (unpaired) electrons. The normalized spacial score (nSPS) is 28.5. The lowest BCUT2D eigenvalue weighted by Crippen LogP contribution is -2.64. The number of thiophene rings is 1. The van der Waals surface area contributed by atoms with Crippen molar-refractivity contribution in [1.29, 1.82) is 0 Å². The molecule has 1 N–H and O–H groups in total. The smallest absolute Gasteiger partial charge is 0.0701 e. The summed E-state index contributed by atoms with van der Waals surface area (Å²) in [5.41, 5.74) is 0.433. The highest BCUT2D eigenvalue weighted by Crippen LogP contribution is 2.53. The van der Waals surface area contributed by atoms with Crippen LogP contribution < -0.4 is 5.32 Å². The fourth-order valence-electron chi connectivity index (χ4n) is 4.02. The largest absolute Gasteiger partial charge is 0.378 e. The number of rotatable bonds is 5. The third-order valence-corrected chi connectivity index (χ3v) is 6.71. The molecule has 2 aliphatic carbocycles. The summed E-state index contributed by atoms with van der Waals surface area (Å²) in [6.07, 6.45) is 8.57. The van der Waals surface area contributed by atoms with E-state index in [4.69, 9.17) is 4.74 Å². The first-order valence-corrected chi connectivity index (χ1v) is 9.45. The third kappa shape index (κ3) is 2.85. The van der Waals surface area contributed by atoms with Crippen LogP contribution in [0.2, 0.25) is 0 Å². The van der Waals surface area contributed by atoms with Gasteiger partial charge in [-0.25, -0.2) is 0 Å². The van der Waals surface area contributed by atoms with Gasteiger partial charge in [-0.3, -0.25) is 0 Å². The Kier molecular flexibility index (Phi) is 4.86. The van der Waals surface area contributed by atoms with Gasteiger partial charge in [0.05, 0.1) is 9.89 Å². The zero-order valence-electron chi connectivity index (χ0n) is 12.2. The van der Waals surface area contributed by atoms with E-state index in [0.717, 1.165) is 13.2 Å². The van der Waals surface area contributed by atoms with Gasteiger partial charge in [0.25, 0.3) is 0 Å². The summed E-state index contributed by atoms with van der Waals surface area (Å²) in [5.74, 6) is 0. The van der Waals surface area contributed by atoms with Crippen LogP contribution in [0.5, 0.6) is 0 Å². The maximum absolute atomic E-state index is 6.01. The van der Waals surface area contributed by atoms with Crippen LogP contribution in [0.4, 0.5) is 0 Å². The van der Waals surface area contributed by atoms with E-state index >= 15 is 0 Å². The van der Waals surface area contributed by atoms with Crippen LogP contribution in [0.3, 0.4) is 0 Å². The van der Waals surface area contributed by atoms with Gasteiger partial charge >= 0.3 is 0 Å². The Balaban J connectivity index is 1.61. The van der Waals surface area contributed by atoms with Crippen molar-refractivity contribution in [3.63, 3.8) is 0 Å². The summed E-state index contributed by atoms with van der Waals surface area (Å²) in [5, 5.41) is 3.81. The Hall–Kier alpha value is 0.1000. The molecule has 2 saturated carbocycles. The summed E-state index contributed by atoms with van der Waals surface area (Å²) in [6.45, 7) is 3.99. The average molecular weight is 358 g/mol. The molecule has 3 rings (SSSR count). The lowest BCUT2D eigenvalue weighted by molar-refractivity contribution is -0.150. The van der Waals surface area contributed by atoms with Crippen molar-refractivity contribution >= 4 is 27.3 Å². The van der Waals surface area contributed by atoms with E-state index in [1.165, 1.54) is 47.2 Å². The molecule has 1 aromatic heterocycles. The van der Waals surface area contributed by atoms with E-state index in [2.05, 4.69) is 40.3 Å². The second kappa shape index (κ2) is 6.47. The highest BCUT2D eigenvalue weighted by molar-refractivity contribution is 9.11. The van der Waals surface area contributed by atoms with Gasteiger partial charge in [-0.1, -0.05) is 19.3 Å². The summed E-state index contributed by atoms with van der Waals surface area (Å²) < 4.78 is 7.24. The van der Waals surface area contributed by atoms with Crippen molar-refractivity contribution in [2.24, 2.45) is 5.41 Å². The van der Waals surface area contributed by atoms with Crippen molar-refractivity contribution in [3.8, 4) is 0 Å². The van der Waals surface area contributed by atoms with Crippen LogP contribution in [0.1, 0.15) is 50.3 Å². The fraction of sp³-hybridized carbons (Fsp3) is 0.750. The molecule has 1 aromatic rings. The molecular weight excluding hydrogens is 334 g/mol. The molecule has 0 bridgehead atoms. The zero-order valence-corrected chi connectivity index (χ0v) is 14.6. The van der Waals surface area contributed by atoms with Crippen molar-refractivity contribution < 1.29 is 4.74 Å². The van der Waals surface area contributed by atoms with Gasteiger partial charge < -0.3 is 10.1 Å². The average Bonchev–Trinajstić information content (AvgIpc) is 2.88. The number of hydrogen-bond donors (Lipinski definition) is 1. The van der Waals surface area contributed by atoms with Crippen LogP contribution in [0.25, 0.3) is 0 Å². The van der Waals surface area contributed by atoms with Gasteiger partial charge in [0.15, 0.2) is 0 Å². The number of halogens is 1. The van der Waals surface area contributed by atoms with E-state index in [1.807, 2.05) is 11.3 Å². The monoisotopic (exact) mass is 357 g/mol. The van der Waals surface area contributed by atoms with Crippen molar-refractivity contribution in [2.75, 3.05) is 6.61 Å². The Labute approximate surface area is 134 Å². The molecule has 0 amide bonds. The maximum Gasteiger partial charge on any atom is 0.0701 e. The zero-order chi connectivity index (χ0) is 14.0. The molecule has 2 aliphatic rings. The highest BCUT2D eigenvalue weighted by Gasteiger charge is 2.55. The second-order valence-corrected chi connectivity index (χ2v) is 8.66. The molecule has 2 fully saturated rings. The number of nitrogens with one attached hydrogen (secondary N) is 1. The van der Waals surface area contributed by atoms with Crippen molar-refractivity contribution in [1.82, 2.24) is 5.32 Å². The van der Waals surface area contributed by atoms with Gasteiger partial charge in [-0.05, 0) is 54.2 Å². The number of ether oxygens (including phenoxy) is 1. The maximum atomic E-state index is 6.01. The van der Waals surface area contributed by atoms with Gasteiger partial charge in [0.2, 0.25) is 0 Å². The first kappa shape index (κ1) is 15.0. The van der Waals surface area contributed by atoms with Gasteiger partial charge in [-0.15, -0.1) is 11.3 Å². The number of hydrogen-bond acceptors (Lipinski definition) is 3. The second-order valence-electron chi connectivity index (χ2n) is 6.11. The minimum atomic E-state index is 0.433. The highest BCUT2D eigenvalue weighted by atomic mass is 79.9. The molecule has 2 atom stereocenters. The van der Waals surface area contributed by atoms with Crippen molar-refractivity contribution in [2.45, 2.75) is 64.1 Å². The standard InChI is InChI=1S/C16H24BrNOS/c1-2-19-14-10-13(16(14)8-4-3-5-9-16)18-11-12-6-7-15(17)20-12/h6-7,13-14,18H,2-5,8-11H2,1H3. The van der Waals surface area contributed by atoms with E-state index in [1.54, 1.807) is 0 Å². The molecule has 112 valence electrons. The molecule has 0 saturated heterocycles. The lowest BCUT2D eigenvalue weighted by atomic mass is 9.55. The summed E-state index contributed by atoms with van der Waals surface area (Å²) >= 11 is 5.37. The third-order valence-electron chi connectivity index (χ3n) is 5.09. The molecule has 0 aromatic carbocycles. The SMILES string of the molecule is CCOC1CC(NCc2ccc(Br)s2)C12CCCCC2. The Morgan fingerprint density at radius 3 is 2.80 bits per heavy atom. The molecule has 2 unspecified atom stereocenters. The van der Waals surface area contributed by atoms with Crippen LogP contribution >= 0.6 is 27.3 Å². The molecule has 1 heterocycles.